The Morgan fingerprint density at radius 3 is 2.95 bits per heavy atom. The van der Waals surface area contributed by atoms with E-state index in [1.807, 2.05) is 12.3 Å². The first-order valence-corrected chi connectivity index (χ1v) is 7.59. The minimum atomic E-state index is 0.691. The van der Waals surface area contributed by atoms with Crippen molar-refractivity contribution in [3.63, 3.8) is 0 Å². The maximum atomic E-state index is 4.08. The van der Waals surface area contributed by atoms with Gasteiger partial charge in [0.05, 0.1) is 23.8 Å². The fourth-order valence-electron chi connectivity index (χ4n) is 3.26. The highest BCUT2D eigenvalue weighted by molar-refractivity contribution is 5.60. The molecule has 4 heteroatoms. The van der Waals surface area contributed by atoms with Gasteiger partial charge < -0.3 is 5.32 Å². The topological polar surface area (TPSA) is 42.7 Å². The number of allylic oxidation sites excluding steroid dienone is 2. The van der Waals surface area contributed by atoms with E-state index in [0.29, 0.717) is 11.8 Å². The largest absolute Gasteiger partial charge is 0.383 e. The van der Waals surface area contributed by atoms with E-state index in [0.717, 1.165) is 17.9 Å². The van der Waals surface area contributed by atoms with Gasteiger partial charge in [0.25, 0.3) is 0 Å². The van der Waals surface area contributed by atoms with Crippen LogP contribution in [-0.4, -0.2) is 21.5 Å². The molecule has 21 heavy (non-hydrogen) atoms. The molecule has 0 aliphatic heterocycles. The lowest BCUT2D eigenvalue weighted by Crippen LogP contribution is -2.20. The van der Waals surface area contributed by atoms with E-state index in [9.17, 15) is 0 Å². The molecule has 2 aromatic rings. The Bertz CT molecular complexity index is 615. The SMILES string of the molecule is CC1=CC(C)CC(CNc2ccccc2-n2ccnn2)C1. The summed E-state index contributed by atoms with van der Waals surface area (Å²) in [5, 5.41) is 11.6. The van der Waals surface area contributed by atoms with Crippen LogP contribution in [0.25, 0.3) is 5.69 Å². The van der Waals surface area contributed by atoms with Gasteiger partial charge in [0, 0.05) is 6.54 Å². The smallest absolute Gasteiger partial charge is 0.0894 e. The molecule has 3 rings (SSSR count). The molecular formula is C17H22N4. The number of nitrogens with one attached hydrogen (secondary N) is 1. The van der Waals surface area contributed by atoms with E-state index < -0.39 is 0 Å². The molecule has 1 aromatic carbocycles. The number of hydrogen-bond acceptors (Lipinski definition) is 3. The van der Waals surface area contributed by atoms with Crippen LogP contribution < -0.4 is 5.32 Å². The predicted octanol–water partition coefficient (Wildman–Crippen LogP) is 3.67. The second kappa shape index (κ2) is 6.12. The normalized spacial score (nSPS) is 21.9. The second-order valence-corrected chi connectivity index (χ2v) is 6.04. The van der Waals surface area contributed by atoms with Gasteiger partial charge >= 0.3 is 0 Å². The summed E-state index contributed by atoms with van der Waals surface area (Å²) in [5.41, 5.74) is 3.68. The van der Waals surface area contributed by atoms with Gasteiger partial charge in [-0.1, -0.05) is 35.9 Å². The van der Waals surface area contributed by atoms with Gasteiger partial charge in [-0.3, -0.25) is 0 Å². The van der Waals surface area contributed by atoms with Crippen LogP contribution in [0.5, 0.6) is 0 Å². The fourth-order valence-corrected chi connectivity index (χ4v) is 3.26. The number of nitrogens with zero attached hydrogens (tertiary/aromatic N) is 3. The van der Waals surface area contributed by atoms with Crippen LogP contribution in [-0.2, 0) is 0 Å². The highest BCUT2D eigenvalue weighted by atomic mass is 15.4. The van der Waals surface area contributed by atoms with Crippen LogP contribution in [0.4, 0.5) is 5.69 Å². The first kappa shape index (κ1) is 13.9. The molecule has 110 valence electrons. The number of aromatic nitrogens is 3. The highest BCUT2D eigenvalue weighted by Gasteiger charge is 2.18. The standard InChI is InChI=1S/C17H22N4/c1-13-9-14(2)11-15(10-13)12-18-16-5-3-4-6-17(16)21-8-7-19-20-21/h3-9,13,15,18H,10-12H2,1-2H3. The van der Waals surface area contributed by atoms with Crippen molar-refractivity contribution in [3.05, 3.63) is 48.3 Å². The van der Waals surface area contributed by atoms with E-state index in [-0.39, 0.29) is 0 Å². The van der Waals surface area contributed by atoms with Crippen LogP contribution in [0.3, 0.4) is 0 Å². The number of benzene rings is 1. The maximum absolute atomic E-state index is 4.08. The quantitative estimate of drug-likeness (QED) is 0.870. The van der Waals surface area contributed by atoms with Crippen LogP contribution in [0, 0.1) is 11.8 Å². The lowest BCUT2D eigenvalue weighted by molar-refractivity contribution is 0.421. The molecule has 2 atom stereocenters. The molecule has 0 saturated carbocycles. The third-order valence-electron chi connectivity index (χ3n) is 4.04. The van der Waals surface area contributed by atoms with Crippen molar-refractivity contribution in [2.45, 2.75) is 26.7 Å². The Kier molecular flexibility index (Phi) is 4.04. The third-order valence-corrected chi connectivity index (χ3v) is 4.04. The van der Waals surface area contributed by atoms with E-state index in [4.69, 9.17) is 0 Å². The molecule has 1 N–H and O–H groups in total. The Balaban J connectivity index is 1.70. The van der Waals surface area contributed by atoms with Gasteiger partial charge in [-0.05, 0) is 43.7 Å². The van der Waals surface area contributed by atoms with Gasteiger partial charge in [-0.15, -0.1) is 5.10 Å². The van der Waals surface area contributed by atoms with Gasteiger partial charge in [0.2, 0.25) is 0 Å². The zero-order valence-electron chi connectivity index (χ0n) is 12.7. The minimum Gasteiger partial charge on any atom is -0.383 e. The second-order valence-electron chi connectivity index (χ2n) is 6.04. The van der Waals surface area contributed by atoms with Crippen molar-refractivity contribution in [1.29, 1.82) is 0 Å². The summed E-state index contributed by atoms with van der Waals surface area (Å²) >= 11 is 0. The predicted molar refractivity (Wildman–Crippen MR) is 85.5 cm³/mol. The zero-order valence-corrected chi connectivity index (χ0v) is 12.7. The van der Waals surface area contributed by atoms with Crippen molar-refractivity contribution in [2.24, 2.45) is 11.8 Å². The maximum Gasteiger partial charge on any atom is 0.0894 e. The van der Waals surface area contributed by atoms with E-state index in [2.05, 4.69) is 53.8 Å². The summed E-state index contributed by atoms with van der Waals surface area (Å²) in [6.07, 6.45) is 8.43. The molecule has 1 aromatic heterocycles. The first-order valence-electron chi connectivity index (χ1n) is 7.59. The van der Waals surface area contributed by atoms with Crippen molar-refractivity contribution >= 4 is 5.69 Å². The molecule has 0 amide bonds. The summed E-state index contributed by atoms with van der Waals surface area (Å²) in [5.74, 6) is 1.39. The van der Waals surface area contributed by atoms with Gasteiger partial charge in [0.15, 0.2) is 0 Å². The number of rotatable bonds is 4. The molecule has 0 bridgehead atoms. The monoisotopic (exact) mass is 282 g/mol. The van der Waals surface area contributed by atoms with Crippen molar-refractivity contribution < 1.29 is 0 Å². The number of hydrogen-bond donors (Lipinski definition) is 1. The van der Waals surface area contributed by atoms with Crippen molar-refractivity contribution in [3.8, 4) is 5.69 Å². The van der Waals surface area contributed by atoms with Gasteiger partial charge in [-0.25, -0.2) is 4.68 Å². The molecule has 0 spiro atoms. The molecule has 0 fully saturated rings. The van der Waals surface area contributed by atoms with Crippen LogP contribution >= 0.6 is 0 Å². The number of anilines is 1. The van der Waals surface area contributed by atoms with E-state index >= 15 is 0 Å². The van der Waals surface area contributed by atoms with Gasteiger partial charge in [-0.2, -0.15) is 0 Å². The molecule has 0 radical (unpaired) electrons. The molecule has 1 aliphatic carbocycles. The summed E-state index contributed by atoms with van der Waals surface area (Å²) in [6, 6.07) is 8.24. The summed E-state index contributed by atoms with van der Waals surface area (Å²) < 4.78 is 1.80. The Hall–Kier alpha value is -2.10. The van der Waals surface area contributed by atoms with Crippen LogP contribution in [0.1, 0.15) is 26.7 Å². The highest BCUT2D eigenvalue weighted by Crippen LogP contribution is 2.28. The Labute approximate surface area is 125 Å². The molecule has 2 unspecified atom stereocenters. The Morgan fingerprint density at radius 2 is 2.19 bits per heavy atom. The lowest BCUT2D eigenvalue weighted by atomic mass is 9.84. The average Bonchev–Trinajstić information content (AvgIpc) is 2.98. The summed E-state index contributed by atoms with van der Waals surface area (Å²) in [7, 11) is 0. The Morgan fingerprint density at radius 1 is 1.33 bits per heavy atom. The van der Waals surface area contributed by atoms with Crippen molar-refractivity contribution in [1.82, 2.24) is 15.0 Å². The molecule has 1 aliphatic rings. The summed E-state index contributed by atoms with van der Waals surface area (Å²) in [4.78, 5) is 0. The number of para-hydroxylation sites is 2. The van der Waals surface area contributed by atoms with Gasteiger partial charge in [0.1, 0.15) is 0 Å². The zero-order chi connectivity index (χ0) is 14.7. The van der Waals surface area contributed by atoms with E-state index in [1.54, 1.807) is 10.9 Å². The molecule has 1 heterocycles. The van der Waals surface area contributed by atoms with Crippen LogP contribution in [0.2, 0.25) is 0 Å². The summed E-state index contributed by atoms with van der Waals surface area (Å²) in [6.45, 7) is 5.55. The minimum absolute atomic E-state index is 0.691. The van der Waals surface area contributed by atoms with E-state index in [1.165, 1.54) is 18.4 Å². The van der Waals surface area contributed by atoms with Crippen LogP contribution in [0.15, 0.2) is 48.3 Å². The molecular weight excluding hydrogens is 260 g/mol. The molecule has 4 nitrogen and oxygen atoms in total. The van der Waals surface area contributed by atoms with Crippen molar-refractivity contribution in [2.75, 3.05) is 11.9 Å². The molecule has 0 saturated heterocycles. The average molecular weight is 282 g/mol. The third kappa shape index (κ3) is 3.32. The first-order chi connectivity index (χ1) is 10.2. The fraction of sp³-hybridized carbons (Fsp3) is 0.412. The lowest BCUT2D eigenvalue weighted by Gasteiger charge is -2.26.